The van der Waals surface area contributed by atoms with Crippen molar-refractivity contribution in [2.24, 2.45) is 0 Å². The molecule has 0 spiro atoms. The molecule has 0 aliphatic rings. The van der Waals surface area contributed by atoms with Gasteiger partial charge in [-0.05, 0) is 51.4 Å². The number of aliphatic hydroxyl groups is 2. The van der Waals surface area contributed by atoms with Crippen LogP contribution >= 0.6 is 0 Å². The molecule has 6 heteroatoms. The first kappa shape index (κ1) is 77.6. The summed E-state index contributed by atoms with van der Waals surface area (Å²) in [6.07, 6.45) is 85.5. The summed E-state index contributed by atoms with van der Waals surface area (Å²) in [5.41, 5.74) is 0. The second-order valence-corrected chi connectivity index (χ2v) is 25.3. The molecule has 0 radical (unpaired) electrons. The first-order valence-corrected chi connectivity index (χ1v) is 36.4. The lowest BCUT2D eigenvalue weighted by Crippen LogP contribution is -2.45. The van der Waals surface area contributed by atoms with Gasteiger partial charge in [-0.25, -0.2) is 0 Å². The van der Waals surface area contributed by atoms with E-state index in [2.05, 4.69) is 31.3 Å². The highest BCUT2D eigenvalue weighted by molar-refractivity contribution is 5.76. The molecule has 0 aromatic rings. The van der Waals surface area contributed by atoms with E-state index < -0.39 is 12.1 Å². The fourth-order valence-electron chi connectivity index (χ4n) is 11.8. The molecule has 0 saturated carbocycles. The second kappa shape index (κ2) is 69.1. The van der Waals surface area contributed by atoms with Crippen LogP contribution in [0.3, 0.4) is 0 Å². The van der Waals surface area contributed by atoms with E-state index >= 15 is 0 Å². The standard InChI is InChI=1S/C73H143NO5/c1-3-5-7-9-11-13-15-17-19-21-30-33-37-41-45-49-53-57-61-65-71(76)70(69-75)74-72(77)66-62-58-54-50-46-42-38-34-31-28-26-24-23-25-27-29-32-36-40-44-48-52-56-60-64-68-79-73(78)67-63-59-55-51-47-43-39-35-22-20-18-16-14-12-10-8-6-4-2/h20,22,70-71,75-76H,3-19,21,23-69H2,1-2H3,(H,74,77)/b22-20-. The number of rotatable bonds is 69. The number of unbranched alkanes of at least 4 members (excludes halogenated alkanes) is 56. The quantitative estimate of drug-likeness (QED) is 0.0320. The Morgan fingerprint density at radius 2 is 0.595 bits per heavy atom. The van der Waals surface area contributed by atoms with Crippen LogP contribution in [-0.4, -0.2) is 47.4 Å². The molecular formula is C73H143NO5. The first-order chi connectivity index (χ1) is 39.0. The minimum absolute atomic E-state index is 0.0148. The van der Waals surface area contributed by atoms with Crippen molar-refractivity contribution in [1.29, 1.82) is 0 Å². The summed E-state index contributed by atoms with van der Waals surface area (Å²) in [7, 11) is 0. The van der Waals surface area contributed by atoms with Crippen LogP contribution in [-0.2, 0) is 14.3 Å². The first-order valence-electron chi connectivity index (χ1n) is 36.4. The van der Waals surface area contributed by atoms with E-state index in [0.29, 0.717) is 25.9 Å². The number of hydrogen-bond donors (Lipinski definition) is 3. The van der Waals surface area contributed by atoms with Crippen molar-refractivity contribution in [3.05, 3.63) is 12.2 Å². The zero-order valence-corrected chi connectivity index (χ0v) is 53.9. The van der Waals surface area contributed by atoms with Gasteiger partial charge in [0.25, 0.3) is 0 Å². The van der Waals surface area contributed by atoms with Crippen molar-refractivity contribution in [1.82, 2.24) is 5.32 Å². The summed E-state index contributed by atoms with van der Waals surface area (Å²) in [5.74, 6) is -0.0138. The molecule has 0 saturated heterocycles. The lowest BCUT2D eigenvalue weighted by Gasteiger charge is -2.22. The van der Waals surface area contributed by atoms with Crippen LogP contribution in [0.25, 0.3) is 0 Å². The molecule has 0 aliphatic heterocycles. The van der Waals surface area contributed by atoms with Gasteiger partial charge >= 0.3 is 5.97 Å². The molecule has 470 valence electrons. The zero-order valence-electron chi connectivity index (χ0n) is 53.9. The van der Waals surface area contributed by atoms with Gasteiger partial charge in [-0.2, -0.15) is 0 Å². The molecule has 6 nitrogen and oxygen atoms in total. The lowest BCUT2D eigenvalue weighted by atomic mass is 10.0. The predicted molar refractivity (Wildman–Crippen MR) is 347 cm³/mol. The number of amides is 1. The van der Waals surface area contributed by atoms with Crippen molar-refractivity contribution in [3.63, 3.8) is 0 Å². The molecule has 3 N–H and O–H groups in total. The Morgan fingerprint density at radius 1 is 0.342 bits per heavy atom. The van der Waals surface area contributed by atoms with Crippen LogP contribution in [0.1, 0.15) is 418 Å². The summed E-state index contributed by atoms with van der Waals surface area (Å²) in [6.45, 7) is 5.00. The van der Waals surface area contributed by atoms with Gasteiger partial charge in [0.15, 0.2) is 0 Å². The molecule has 1 amide bonds. The zero-order chi connectivity index (χ0) is 57.1. The van der Waals surface area contributed by atoms with Crippen molar-refractivity contribution in [2.45, 2.75) is 431 Å². The molecule has 2 unspecified atom stereocenters. The maximum atomic E-state index is 12.5. The Morgan fingerprint density at radius 3 is 0.899 bits per heavy atom. The summed E-state index contributed by atoms with van der Waals surface area (Å²) in [4.78, 5) is 24.7. The fraction of sp³-hybridized carbons (Fsp3) is 0.945. The van der Waals surface area contributed by atoms with Crippen molar-refractivity contribution in [3.8, 4) is 0 Å². The van der Waals surface area contributed by atoms with Gasteiger partial charge in [0.2, 0.25) is 5.91 Å². The lowest BCUT2D eigenvalue weighted by molar-refractivity contribution is -0.143. The molecule has 0 rings (SSSR count). The second-order valence-electron chi connectivity index (χ2n) is 25.3. The van der Waals surface area contributed by atoms with Gasteiger partial charge in [-0.3, -0.25) is 9.59 Å². The Labute approximate surface area is 495 Å². The Kier molecular flexibility index (Phi) is 67.9. The van der Waals surface area contributed by atoms with Gasteiger partial charge in [-0.1, -0.05) is 366 Å². The smallest absolute Gasteiger partial charge is 0.305 e. The third-order valence-electron chi connectivity index (χ3n) is 17.3. The van der Waals surface area contributed by atoms with Gasteiger partial charge < -0.3 is 20.3 Å². The molecule has 0 heterocycles. The Hall–Kier alpha value is -1.40. The predicted octanol–water partition coefficient (Wildman–Crippen LogP) is 23.5. The van der Waals surface area contributed by atoms with Gasteiger partial charge in [0.1, 0.15) is 0 Å². The van der Waals surface area contributed by atoms with E-state index in [1.807, 2.05) is 0 Å². The summed E-state index contributed by atoms with van der Waals surface area (Å²) in [6, 6.07) is -0.540. The van der Waals surface area contributed by atoms with E-state index in [-0.39, 0.29) is 18.5 Å². The van der Waals surface area contributed by atoms with Crippen LogP contribution < -0.4 is 5.32 Å². The number of carbonyl (C=O) groups is 2. The number of ether oxygens (including phenoxy) is 1. The normalized spacial score (nSPS) is 12.5. The molecular weight excluding hydrogens is 971 g/mol. The average Bonchev–Trinajstić information content (AvgIpc) is 3.45. The topological polar surface area (TPSA) is 95.9 Å². The minimum atomic E-state index is -0.663. The fourth-order valence-corrected chi connectivity index (χ4v) is 11.8. The van der Waals surface area contributed by atoms with Crippen LogP contribution in [0.4, 0.5) is 0 Å². The van der Waals surface area contributed by atoms with E-state index in [9.17, 15) is 19.8 Å². The van der Waals surface area contributed by atoms with E-state index in [0.717, 1.165) is 44.9 Å². The maximum Gasteiger partial charge on any atom is 0.305 e. The monoisotopic (exact) mass is 1110 g/mol. The number of nitrogens with one attached hydrogen (secondary N) is 1. The summed E-state index contributed by atoms with van der Waals surface area (Å²) < 4.78 is 5.51. The van der Waals surface area contributed by atoms with Crippen molar-refractivity contribution < 1.29 is 24.5 Å². The highest BCUT2D eigenvalue weighted by atomic mass is 16.5. The number of hydrogen-bond acceptors (Lipinski definition) is 5. The highest BCUT2D eigenvalue weighted by Crippen LogP contribution is 2.19. The Bertz CT molecular complexity index is 1190. The maximum absolute atomic E-state index is 12.5. The van der Waals surface area contributed by atoms with Gasteiger partial charge in [-0.15, -0.1) is 0 Å². The molecule has 2 atom stereocenters. The number of aliphatic hydroxyl groups excluding tert-OH is 2. The third kappa shape index (κ3) is 65.6. The van der Waals surface area contributed by atoms with Gasteiger partial charge in [0, 0.05) is 12.8 Å². The number of allylic oxidation sites excluding steroid dienone is 2. The van der Waals surface area contributed by atoms with Crippen LogP contribution in [0.2, 0.25) is 0 Å². The van der Waals surface area contributed by atoms with Crippen molar-refractivity contribution in [2.75, 3.05) is 13.2 Å². The summed E-state index contributed by atoms with van der Waals surface area (Å²) >= 11 is 0. The van der Waals surface area contributed by atoms with Gasteiger partial charge in [0.05, 0.1) is 25.4 Å². The summed E-state index contributed by atoms with van der Waals surface area (Å²) in [5, 5.41) is 23.4. The van der Waals surface area contributed by atoms with Crippen LogP contribution in [0, 0.1) is 0 Å². The molecule has 0 aromatic heterocycles. The van der Waals surface area contributed by atoms with E-state index in [1.54, 1.807) is 0 Å². The largest absolute Gasteiger partial charge is 0.466 e. The molecule has 79 heavy (non-hydrogen) atoms. The van der Waals surface area contributed by atoms with Crippen LogP contribution in [0.5, 0.6) is 0 Å². The molecule has 0 fully saturated rings. The van der Waals surface area contributed by atoms with E-state index in [4.69, 9.17) is 4.74 Å². The molecule has 0 aromatic carbocycles. The van der Waals surface area contributed by atoms with Crippen LogP contribution in [0.15, 0.2) is 12.2 Å². The minimum Gasteiger partial charge on any atom is -0.466 e. The molecule has 0 bridgehead atoms. The van der Waals surface area contributed by atoms with E-state index in [1.165, 1.54) is 340 Å². The number of esters is 1. The highest BCUT2D eigenvalue weighted by Gasteiger charge is 2.20. The molecule has 0 aliphatic carbocycles. The number of carbonyl (C=O) groups excluding carboxylic acids is 2. The third-order valence-corrected chi connectivity index (χ3v) is 17.3. The SMILES string of the molecule is CCCCCCCCC/C=C\CCCCCCCCCC(=O)OCCCCCCCCCCCCCCCCCCCCCCCCCCCC(=O)NC(CO)C(O)CCCCCCCCCCCCCCCCCCCCC. The van der Waals surface area contributed by atoms with Crippen molar-refractivity contribution >= 4 is 11.9 Å². The average molecular weight is 1110 g/mol. The Balaban J connectivity index is 3.35.